The summed E-state index contributed by atoms with van der Waals surface area (Å²) in [6.45, 7) is 2.25. The van der Waals surface area contributed by atoms with Crippen molar-refractivity contribution >= 4 is 17.5 Å². The van der Waals surface area contributed by atoms with Crippen molar-refractivity contribution in [3.05, 3.63) is 0 Å². The van der Waals surface area contributed by atoms with Crippen molar-refractivity contribution < 1.29 is 14.3 Å². The van der Waals surface area contributed by atoms with Crippen LogP contribution in [-0.2, 0) is 9.53 Å². The lowest BCUT2D eigenvalue weighted by Crippen LogP contribution is -2.48. The molecule has 0 unspecified atom stereocenters. The fourth-order valence-corrected chi connectivity index (χ4v) is 1.17. The molecule has 0 atom stereocenters. The molecule has 78 valence electrons. The summed E-state index contributed by atoms with van der Waals surface area (Å²) < 4.78 is 4.88. The number of Topliss-reactive ketones (excluding diaryl/α,β-unsaturated/α-hetero) is 1. The number of rotatable bonds is 4. The van der Waals surface area contributed by atoms with Crippen LogP contribution in [0.25, 0.3) is 0 Å². The summed E-state index contributed by atoms with van der Waals surface area (Å²) in [6, 6.07) is -0.347. The maximum Gasteiger partial charge on any atom is 0.338 e. The van der Waals surface area contributed by atoms with E-state index in [-0.39, 0.29) is 18.4 Å². The van der Waals surface area contributed by atoms with Gasteiger partial charge in [-0.1, -0.05) is 0 Å². The van der Waals surface area contributed by atoms with Crippen LogP contribution in [0.3, 0.4) is 0 Å². The minimum absolute atomic E-state index is 0.0567. The fourth-order valence-electron chi connectivity index (χ4n) is 1.17. The number of hydrogen-bond acceptors (Lipinski definition) is 4. The van der Waals surface area contributed by atoms with Crippen molar-refractivity contribution in [3.8, 4) is 0 Å². The first-order valence-electron chi connectivity index (χ1n) is 4.22. The van der Waals surface area contributed by atoms with Crippen LogP contribution in [0.2, 0.25) is 0 Å². The monoisotopic (exact) mass is 199 g/mol. The van der Waals surface area contributed by atoms with Crippen LogP contribution in [0, 0.1) is 0 Å². The number of amides is 2. The quantitative estimate of drug-likeness (QED) is 0.669. The number of carbonyl (C=O) groups is 2. The summed E-state index contributed by atoms with van der Waals surface area (Å²) in [6.07, 6.45) is 0. The minimum atomic E-state index is -0.347. The minimum Gasteiger partial charge on any atom is -0.379 e. The van der Waals surface area contributed by atoms with Crippen molar-refractivity contribution in [1.82, 2.24) is 10.3 Å². The molecular weight excluding hydrogens is 186 g/mol. The van der Waals surface area contributed by atoms with Crippen molar-refractivity contribution in [2.24, 2.45) is 5.10 Å². The van der Waals surface area contributed by atoms with E-state index >= 15 is 0 Å². The Kier molecular flexibility index (Phi) is 3.58. The number of ketones is 1. The molecule has 0 radical (unpaired) electrons. The summed E-state index contributed by atoms with van der Waals surface area (Å²) in [7, 11) is 1.55. The van der Waals surface area contributed by atoms with E-state index in [0.717, 1.165) is 0 Å². The van der Waals surface area contributed by atoms with Crippen LogP contribution < -0.4 is 5.43 Å². The van der Waals surface area contributed by atoms with Gasteiger partial charge in [0.25, 0.3) is 0 Å². The second-order valence-corrected chi connectivity index (χ2v) is 3.09. The van der Waals surface area contributed by atoms with Crippen LogP contribution in [-0.4, -0.2) is 49.2 Å². The first-order valence-corrected chi connectivity index (χ1v) is 4.22. The summed E-state index contributed by atoms with van der Waals surface area (Å²) in [4.78, 5) is 23.4. The van der Waals surface area contributed by atoms with E-state index in [1.165, 1.54) is 11.8 Å². The van der Waals surface area contributed by atoms with E-state index in [1.54, 1.807) is 7.11 Å². The number of methoxy groups -OCH3 is 1. The lowest BCUT2D eigenvalue weighted by Gasteiger charge is -2.25. The van der Waals surface area contributed by atoms with Gasteiger partial charge in [-0.3, -0.25) is 4.79 Å². The first kappa shape index (κ1) is 10.6. The SMILES string of the molecule is COCC1=NNC(=O)N(CC(C)=O)C1. The van der Waals surface area contributed by atoms with E-state index in [4.69, 9.17) is 4.74 Å². The molecule has 0 aromatic heterocycles. The predicted octanol–water partition coefficient (Wildman–Crippen LogP) is -0.397. The second-order valence-electron chi connectivity index (χ2n) is 3.09. The number of ether oxygens (including phenoxy) is 1. The smallest absolute Gasteiger partial charge is 0.338 e. The van der Waals surface area contributed by atoms with Crippen LogP contribution >= 0.6 is 0 Å². The van der Waals surface area contributed by atoms with Gasteiger partial charge < -0.3 is 9.64 Å². The third-order valence-electron chi connectivity index (χ3n) is 1.69. The molecule has 2 amide bonds. The van der Waals surface area contributed by atoms with Crippen molar-refractivity contribution in [3.63, 3.8) is 0 Å². The second kappa shape index (κ2) is 4.71. The van der Waals surface area contributed by atoms with Crippen LogP contribution in [0.1, 0.15) is 6.92 Å². The summed E-state index contributed by atoms with van der Waals surface area (Å²) in [5.41, 5.74) is 3.02. The zero-order valence-corrected chi connectivity index (χ0v) is 8.24. The largest absolute Gasteiger partial charge is 0.379 e. The van der Waals surface area contributed by atoms with Gasteiger partial charge >= 0.3 is 6.03 Å². The van der Waals surface area contributed by atoms with Crippen LogP contribution in [0.5, 0.6) is 0 Å². The Hall–Kier alpha value is -1.43. The molecule has 0 fully saturated rings. The van der Waals surface area contributed by atoms with E-state index in [2.05, 4.69) is 10.5 Å². The molecule has 0 aliphatic carbocycles. The molecule has 1 aliphatic heterocycles. The number of urea groups is 1. The first-order chi connectivity index (χ1) is 6.63. The molecule has 0 spiro atoms. The Bertz CT molecular complexity index is 275. The molecule has 1 heterocycles. The summed E-state index contributed by atoms with van der Waals surface area (Å²) in [5.74, 6) is -0.0567. The van der Waals surface area contributed by atoms with Crippen molar-refractivity contribution in [2.45, 2.75) is 6.92 Å². The molecule has 6 heteroatoms. The average molecular weight is 199 g/mol. The third kappa shape index (κ3) is 2.81. The van der Waals surface area contributed by atoms with E-state index < -0.39 is 0 Å². The maximum atomic E-state index is 11.2. The van der Waals surface area contributed by atoms with Gasteiger partial charge in [-0.25, -0.2) is 10.2 Å². The van der Waals surface area contributed by atoms with Gasteiger partial charge in [0.05, 0.1) is 25.4 Å². The van der Waals surface area contributed by atoms with E-state index in [9.17, 15) is 9.59 Å². The van der Waals surface area contributed by atoms with Crippen molar-refractivity contribution in [1.29, 1.82) is 0 Å². The Morgan fingerprint density at radius 2 is 2.43 bits per heavy atom. The highest BCUT2D eigenvalue weighted by Crippen LogP contribution is 1.98. The molecule has 0 bridgehead atoms. The van der Waals surface area contributed by atoms with Gasteiger partial charge in [0, 0.05) is 7.11 Å². The zero-order valence-electron chi connectivity index (χ0n) is 8.24. The number of hydrazone groups is 1. The molecule has 0 aromatic carbocycles. The number of carbonyl (C=O) groups excluding carboxylic acids is 2. The third-order valence-corrected chi connectivity index (χ3v) is 1.69. The van der Waals surface area contributed by atoms with Gasteiger partial charge in [-0.2, -0.15) is 5.10 Å². The highest BCUT2D eigenvalue weighted by Gasteiger charge is 2.21. The van der Waals surface area contributed by atoms with Gasteiger partial charge in [-0.15, -0.1) is 0 Å². The Morgan fingerprint density at radius 1 is 1.71 bits per heavy atom. The zero-order chi connectivity index (χ0) is 10.6. The van der Waals surface area contributed by atoms with Crippen molar-refractivity contribution in [2.75, 3.05) is 26.8 Å². The van der Waals surface area contributed by atoms with Gasteiger partial charge in [-0.05, 0) is 6.92 Å². The van der Waals surface area contributed by atoms with Gasteiger partial charge in [0.1, 0.15) is 5.78 Å². The molecule has 14 heavy (non-hydrogen) atoms. The molecule has 0 saturated carbocycles. The van der Waals surface area contributed by atoms with Gasteiger partial charge in [0.15, 0.2) is 0 Å². The Labute approximate surface area is 81.9 Å². The average Bonchev–Trinajstić information content (AvgIpc) is 2.10. The molecule has 1 N–H and O–H groups in total. The summed E-state index contributed by atoms with van der Waals surface area (Å²) >= 11 is 0. The number of hydrogen-bond donors (Lipinski definition) is 1. The van der Waals surface area contributed by atoms with Crippen LogP contribution in [0.15, 0.2) is 5.10 Å². The maximum absolute atomic E-state index is 11.2. The molecular formula is C8H13N3O3. The van der Waals surface area contributed by atoms with E-state index in [0.29, 0.717) is 18.9 Å². The topological polar surface area (TPSA) is 71.0 Å². The van der Waals surface area contributed by atoms with Crippen LogP contribution in [0.4, 0.5) is 4.79 Å². The normalized spacial score (nSPS) is 16.3. The number of nitrogens with zero attached hydrogens (tertiary/aromatic N) is 2. The molecule has 1 aliphatic rings. The highest BCUT2D eigenvalue weighted by atomic mass is 16.5. The molecule has 1 rings (SSSR count). The van der Waals surface area contributed by atoms with E-state index in [1.807, 2.05) is 0 Å². The highest BCUT2D eigenvalue weighted by molar-refractivity contribution is 5.95. The standard InChI is InChI=1S/C8H13N3O3/c1-6(12)3-11-4-7(5-14-2)9-10-8(11)13/h3-5H2,1-2H3,(H,10,13). The summed E-state index contributed by atoms with van der Waals surface area (Å²) in [5, 5.41) is 3.80. The molecule has 0 saturated heterocycles. The Morgan fingerprint density at radius 3 is 3.00 bits per heavy atom. The molecule has 0 aromatic rings. The van der Waals surface area contributed by atoms with Gasteiger partial charge in [0.2, 0.25) is 0 Å². The lowest BCUT2D eigenvalue weighted by molar-refractivity contribution is -0.117. The number of nitrogens with one attached hydrogen (secondary N) is 1. The fraction of sp³-hybridized carbons (Fsp3) is 0.625. The molecule has 6 nitrogen and oxygen atoms in total. The predicted molar refractivity (Wildman–Crippen MR) is 50.1 cm³/mol. The lowest BCUT2D eigenvalue weighted by atomic mass is 10.3. The Balaban J connectivity index is 2.57.